The summed E-state index contributed by atoms with van der Waals surface area (Å²) < 4.78 is 60.6. The number of sulfonamides is 1. The van der Waals surface area contributed by atoms with Crippen molar-refractivity contribution in [3.8, 4) is 0 Å². The molecule has 1 aliphatic carbocycles. The summed E-state index contributed by atoms with van der Waals surface area (Å²) >= 11 is 0. The summed E-state index contributed by atoms with van der Waals surface area (Å²) in [7, 11) is -3.76. The van der Waals surface area contributed by atoms with Crippen molar-refractivity contribution in [2.24, 2.45) is 11.1 Å². The zero-order valence-electron chi connectivity index (χ0n) is 13.6. The molecule has 0 unspecified atom stereocenters. The third kappa shape index (κ3) is 6.00. The van der Waals surface area contributed by atoms with Gasteiger partial charge in [-0.3, -0.25) is 4.79 Å². The highest BCUT2D eigenvalue weighted by molar-refractivity contribution is 7.89. The molecule has 1 saturated carbocycles. The largest absolute Gasteiger partial charge is 0.391 e. The fraction of sp³-hybridized carbons (Fsp3) is 0.562. The van der Waals surface area contributed by atoms with E-state index in [0.717, 1.165) is 5.56 Å². The van der Waals surface area contributed by atoms with Crippen molar-refractivity contribution in [1.82, 2.24) is 5.32 Å². The quantitative estimate of drug-likeness (QED) is 0.825. The molecule has 0 aromatic heterocycles. The highest BCUT2D eigenvalue weighted by Gasteiger charge is 2.42. The van der Waals surface area contributed by atoms with Gasteiger partial charge >= 0.3 is 6.18 Å². The van der Waals surface area contributed by atoms with Crippen LogP contribution in [0, 0.1) is 5.92 Å². The molecule has 1 aromatic rings. The van der Waals surface area contributed by atoms with Gasteiger partial charge in [0.05, 0.1) is 10.8 Å². The van der Waals surface area contributed by atoms with Gasteiger partial charge in [0.2, 0.25) is 15.9 Å². The molecule has 1 aromatic carbocycles. The molecule has 2 atom stereocenters. The molecule has 0 spiro atoms. The summed E-state index contributed by atoms with van der Waals surface area (Å²) in [5, 5.41) is 7.67. The first-order valence-corrected chi connectivity index (χ1v) is 9.58. The smallest absolute Gasteiger partial charge is 0.353 e. The van der Waals surface area contributed by atoms with Gasteiger partial charge in [-0.25, -0.2) is 13.6 Å². The third-order valence-corrected chi connectivity index (χ3v) is 5.32. The van der Waals surface area contributed by atoms with E-state index >= 15 is 0 Å². The molecule has 25 heavy (non-hydrogen) atoms. The van der Waals surface area contributed by atoms with Crippen molar-refractivity contribution >= 4 is 15.9 Å². The van der Waals surface area contributed by atoms with Crippen LogP contribution < -0.4 is 10.5 Å². The Morgan fingerprint density at radius 1 is 1.20 bits per heavy atom. The molecular weight excluding hydrogens is 357 g/mol. The number of hydrogen-bond donors (Lipinski definition) is 2. The van der Waals surface area contributed by atoms with Crippen molar-refractivity contribution in [1.29, 1.82) is 0 Å². The maximum atomic E-state index is 12.8. The van der Waals surface area contributed by atoms with Crippen molar-refractivity contribution in [2.45, 2.75) is 55.6 Å². The molecule has 0 radical (unpaired) electrons. The maximum absolute atomic E-state index is 12.8. The molecule has 1 aliphatic rings. The number of carbonyl (C=O) groups excluding carboxylic acids is 1. The number of rotatable bonds is 5. The molecule has 9 heteroatoms. The van der Waals surface area contributed by atoms with E-state index < -0.39 is 28.2 Å². The average molecular weight is 378 g/mol. The molecule has 0 heterocycles. The molecule has 5 nitrogen and oxygen atoms in total. The maximum Gasteiger partial charge on any atom is 0.391 e. The normalized spacial score (nSPS) is 21.8. The fourth-order valence-corrected chi connectivity index (χ4v) is 3.54. The van der Waals surface area contributed by atoms with Crippen LogP contribution in [0.5, 0.6) is 0 Å². The first-order chi connectivity index (χ1) is 11.6. The van der Waals surface area contributed by atoms with Crippen LogP contribution in [0.4, 0.5) is 13.2 Å². The number of amides is 1. The van der Waals surface area contributed by atoms with E-state index in [1.54, 1.807) is 12.1 Å². The van der Waals surface area contributed by atoms with Gasteiger partial charge in [-0.2, -0.15) is 13.2 Å². The second kappa shape index (κ2) is 7.74. The van der Waals surface area contributed by atoms with Gasteiger partial charge in [-0.1, -0.05) is 18.6 Å². The second-order valence-electron chi connectivity index (χ2n) is 6.36. The lowest BCUT2D eigenvalue weighted by atomic mass is 9.85. The van der Waals surface area contributed by atoms with Gasteiger partial charge in [-0.05, 0) is 43.4 Å². The minimum Gasteiger partial charge on any atom is -0.353 e. The van der Waals surface area contributed by atoms with E-state index in [1.165, 1.54) is 12.1 Å². The Balaban J connectivity index is 1.82. The minimum absolute atomic E-state index is 0.0129. The topological polar surface area (TPSA) is 89.3 Å². The lowest BCUT2D eigenvalue weighted by Gasteiger charge is -2.31. The number of carbonyl (C=O) groups is 1. The molecule has 0 bridgehead atoms. The van der Waals surface area contributed by atoms with Gasteiger partial charge in [0, 0.05) is 12.5 Å². The van der Waals surface area contributed by atoms with Crippen LogP contribution in [0.15, 0.2) is 29.2 Å². The van der Waals surface area contributed by atoms with Crippen LogP contribution in [0.2, 0.25) is 0 Å². The Labute approximate surface area is 144 Å². The van der Waals surface area contributed by atoms with Gasteiger partial charge in [0.15, 0.2) is 0 Å². The standard InChI is InChI=1S/C16H21F3N2O3S/c17-16(18,19)12-2-1-3-13(10-12)21-15(22)9-6-11-4-7-14(8-5-11)25(20,23)24/h4-5,7-8,12-13H,1-3,6,9-10H2,(H,21,22)(H2,20,23,24)/t12-,13+/m1/s1. The summed E-state index contributed by atoms with van der Waals surface area (Å²) in [5.41, 5.74) is 0.749. The van der Waals surface area contributed by atoms with Crippen LogP contribution in [-0.4, -0.2) is 26.5 Å². The SMILES string of the molecule is NS(=O)(=O)c1ccc(CCC(=O)N[C@H]2CCC[C@@H](C(F)(F)F)C2)cc1. The number of hydrogen-bond acceptors (Lipinski definition) is 3. The van der Waals surface area contributed by atoms with E-state index in [1.807, 2.05) is 0 Å². The fourth-order valence-electron chi connectivity index (χ4n) is 3.02. The molecule has 3 N–H and O–H groups in total. The van der Waals surface area contributed by atoms with Crippen LogP contribution >= 0.6 is 0 Å². The van der Waals surface area contributed by atoms with Gasteiger partial charge in [-0.15, -0.1) is 0 Å². The number of halogens is 3. The average Bonchev–Trinajstić information content (AvgIpc) is 2.52. The zero-order valence-corrected chi connectivity index (χ0v) is 14.4. The summed E-state index contributed by atoms with van der Waals surface area (Å²) in [6.07, 6.45) is -2.67. The van der Waals surface area contributed by atoms with Crippen LogP contribution in [0.1, 0.15) is 37.7 Å². The predicted molar refractivity (Wildman–Crippen MR) is 86.1 cm³/mol. The van der Waals surface area contributed by atoms with Gasteiger partial charge in [0.25, 0.3) is 0 Å². The molecular formula is C16H21F3N2O3S. The van der Waals surface area contributed by atoms with Crippen molar-refractivity contribution < 1.29 is 26.4 Å². The first-order valence-electron chi connectivity index (χ1n) is 8.03. The Morgan fingerprint density at radius 3 is 2.40 bits per heavy atom. The highest BCUT2D eigenvalue weighted by Crippen LogP contribution is 2.37. The van der Waals surface area contributed by atoms with E-state index in [9.17, 15) is 26.4 Å². The van der Waals surface area contributed by atoms with Gasteiger partial charge < -0.3 is 5.32 Å². The van der Waals surface area contributed by atoms with E-state index in [0.29, 0.717) is 19.3 Å². The lowest BCUT2D eigenvalue weighted by Crippen LogP contribution is -2.41. The first kappa shape index (κ1) is 19.7. The Kier molecular flexibility index (Phi) is 6.10. The van der Waals surface area contributed by atoms with E-state index in [-0.39, 0.29) is 30.1 Å². The van der Waals surface area contributed by atoms with Gasteiger partial charge in [0.1, 0.15) is 0 Å². The summed E-state index contributed by atoms with van der Waals surface area (Å²) in [6.45, 7) is 0. The Hall–Kier alpha value is -1.61. The lowest BCUT2D eigenvalue weighted by molar-refractivity contribution is -0.184. The second-order valence-corrected chi connectivity index (χ2v) is 7.92. The van der Waals surface area contributed by atoms with Crippen molar-refractivity contribution in [2.75, 3.05) is 0 Å². The Morgan fingerprint density at radius 2 is 1.84 bits per heavy atom. The molecule has 140 valence electrons. The molecule has 1 fully saturated rings. The summed E-state index contributed by atoms with van der Waals surface area (Å²) in [4.78, 5) is 11.9. The molecule has 0 saturated heterocycles. The monoisotopic (exact) mass is 378 g/mol. The van der Waals surface area contributed by atoms with E-state index in [2.05, 4.69) is 5.32 Å². The van der Waals surface area contributed by atoms with E-state index in [4.69, 9.17) is 5.14 Å². The number of nitrogens with two attached hydrogens (primary N) is 1. The van der Waals surface area contributed by atoms with Crippen LogP contribution in [0.25, 0.3) is 0 Å². The number of benzene rings is 1. The molecule has 1 amide bonds. The van der Waals surface area contributed by atoms with Crippen LogP contribution in [-0.2, 0) is 21.2 Å². The number of aryl methyl sites for hydroxylation is 1. The molecule has 2 rings (SSSR count). The van der Waals surface area contributed by atoms with Crippen molar-refractivity contribution in [3.05, 3.63) is 29.8 Å². The zero-order chi connectivity index (χ0) is 18.7. The highest BCUT2D eigenvalue weighted by atomic mass is 32.2. The predicted octanol–water partition coefficient (Wildman–Crippen LogP) is 2.50. The minimum atomic E-state index is -4.21. The molecule has 0 aliphatic heterocycles. The summed E-state index contributed by atoms with van der Waals surface area (Å²) in [5.74, 6) is -1.65. The number of primary sulfonamides is 1. The third-order valence-electron chi connectivity index (χ3n) is 4.39. The Bertz CT molecular complexity index is 702. The number of alkyl halides is 3. The van der Waals surface area contributed by atoms with Crippen LogP contribution in [0.3, 0.4) is 0 Å². The summed E-state index contributed by atoms with van der Waals surface area (Å²) in [6, 6.07) is 5.40. The number of nitrogens with one attached hydrogen (secondary N) is 1. The van der Waals surface area contributed by atoms with Crippen molar-refractivity contribution in [3.63, 3.8) is 0 Å².